The number of rotatable bonds is 5. The second-order valence-corrected chi connectivity index (χ2v) is 7.60. The maximum absolute atomic E-state index is 15.5. The van der Waals surface area contributed by atoms with Crippen LogP contribution in [-0.4, -0.2) is 35.9 Å². The minimum atomic E-state index is -2.53. The fraction of sp³-hybridized carbons (Fsp3) is 0.650. The second kappa shape index (κ2) is 7.25. The van der Waals surface area contributed by atoms with Crippen molar-refractivity contribution in [1.29, 1.82) is 0 Å². The van der Waals surface area contributed by atoms with Crippen LogP contribution in [0.1, 0.15) is 46.1 Å². The molecule has 2 aliphatic heterocycles. The van der Waals surface area contributed by atoms with Crippen LogP contribution in [0.15, 0.2) is 30.3 Å². The molecule has 144 valence electrons. The van der Waals surface area contributed by atoms with E-state index in [4.69, 9.17) is 18.9 Å². The number of halogens is 1. The van der Waals surface area contributed by atoms with Crippen LogP contribution in [0.3, 0.4) is 0 Å². The Bertz CT molecular complexity index is 634. The van der Waals surface area contributed by atoms with Gasteiger partial charge in [0.25, 0.3) is 0 Å². The highest BCUT2D eigenvalue weighted by Crippen LogP contribution is 2.44. The first-order valence-electron chi connectivity index (χ1n) is 9.17. The molecule has 2 unspecified atom stereocenters. The van der Waals surface area contributed by atoms with Gasteiger partial charge in [-0.15, -0.1) is 0 Å². The van der Waals surface area contributed by atoms with Gasteiger partial charge in [0.1, 0.15) is 12.7 Å². The predicted octanol–water partition coefficient (Wildman–Crippen LogP) is 3.75. The Morgan fingerprint density at radius 3 is 2.62 bits per heavy atom. The summed E-state index contributed by atoms with van der Waals surface area (Å²) in [6, 6.07) is 9.16. The van der Waals surface area contributed by atoms with E-state index in [9.17, 15) is 4.79 Å². The molecule has 0 amide bonds. The van der Waals surface area contributed by atoms with Crippen molar-refractivity contribution < 1.29 is 28.1 Å². The lowest BCUT2D eigenvalue weighted by molar-refractivity contribution is -0.262. The molecule has 2 saturated heterocycles. The number of carbonyl (C=O) groups is 1. The van der Waals surface area contributed by atoms with Gasteiger partial charge in [-0.2, -0.15) is 4.39 Å². The summed E-state index contributed by atoms with van der Waals surface area (Å²) in [6.45, 7) is 7.52. The normalized spacial score (nSPS) is 34.1. The van der Waals surface area contributed by atoms with Gasteiger partial charge in [0.05, 0.1) is 12.2 Å². The SMILES string of the molecule is CC[C@@H](C)C1O[C@@](F)(C(=O)OCc2ccccc2)C[C@H]2OC(C)(C)OC12. The molecular formula is C20H27FO5. The van der Waals surface area contributed by atoms with E-state index in [0.717, 1.165) is 12.0 Å². The summed E-state index contributed by atoms with van der Waals surface area (Å²) in [4.78, 5) is 12.5. The van der Waals surface area contributed by atoms with Crippen molar-refractivity contribution in [2.45, 2.75) is 77.1 Å². The quantitative estimate of drug-likeness (QED) is 0.743. The number of ether oxygens (including phenoxy) is 4. The third kappa shape index (κ3) is 3.92. The van der Waals surface area contributed by atoms with Gasteiger partial charge in [0.2, 0.25) is 0 Å². The number of hydrogen-bond acceptors (Lipinski definition) is 5. The molecule has 6 heteroatoms. The maximum Gasteiger partial charge on any atom is 0.372 e. The van der Waals surface area contributed by atoms with Gasteiger partial charge in [0, 0.05) is 6.42 Å². The lowest BCUT2D eigenvalue weighted by atomic mass is 9.88. The van der Waals surface area contributed by atoms with Gasteiger partial charge in [0.15, 0.2) is 5.79 Å². The largest absolute Gasteiger partial charge is 0.457 e. The summed E-state index contributed by atoms with van der Waals surface area (Å²) in [5.74, 6) is -4.36. The van der Waals surface area contributed by atoms with Crippen LogP contribution < -0.4 is 0 Å². The fourth-order valence-electron chi connectivity index (χ4n) is 3.52. The molecule has 3 rings (SSSR count). The van der Waals surface area contributed by atoms with Gasteiger partial charge >= 0.3 is 11.8 Å². The average Bonchev–Trinajstić information content (AvgIpc) is 2.92. The summed E-state index contributed by atoms with van der Waals surface area (Å²) >= 11 is 0. The van der Waals surface area contributed by atoms with Crippen LogP contribution in [0.5, 0.6) is 0 Å². The van der Waals surface area contributed by atoms with Gasteiger partial charge in [-0.25, -0.2) is 4.79 Å². The molecule has 0 N–H and O–H groups in total. The number of fused-ring (bicyclic) bond motifs is 1. The standard InChI is InChI=1S/C20H27FO5/c1-5-13(2)16-17-15(24-19(3,4)25-17)11-20(21,26-16)18(22)23-12-14-9-7-6-8-10-14/h6-10,13,15-17H,5,11-12H2,1-4H3/t13-,15-,16?,17?,20-/m1/s1. The van der Waals surface area contributed by atoms with Crippen molar-refractivity contribution in [2.75, 3.05) is 0 Å². The van der Waals surface area contributed by atoms with E-state index < -0.39 is 35.9 Å². The van der Waals surface area contributed by atoms with Crippen molar-refractivity contribution in [3.63, 3.8) is 0 Å². The minimum Gasteiger partial charge on any atom is -0.457 e. The predicted molar refractivity (Wildman–Crippen MR) is 92.8 cm³/mol. The minimum absolute atomic E-state index is 0.000350. The summed E-state index contributed by atoms with van der Waals surface area (Å²) in [7, 11) is 0. The van der Waals surface area contributed by atoms with E-state index in [1.54, 1.807) is 13.8 Å². The van der Waals surface area contributed by atoms with Crippen LogP contribution in [0.25, 0.3) is 0 Å². The Labute approximate surface area is 153 Å². The molecule has 1 aromatic rings. The number of esters is 1. The Hall–Kier alpha value is -1.50. The van der Waals surface area contributed by atoms with Crippen molar-refractivity contribution in [2.24, 2.45) is 5.92 Å². The zero-order chi connectivity index (χ0) is 18.9. The first kappa shape index (κ1) is 19.3. The monoisotopic (exact) mass is 366 g/mol. The first-order chi connectivity index (χ1) is 12.2. The molecule has 5 atom stereocenters. The third-order valence-electron chi connectivity index (χ3n) is 5.05. The molecule has 5 nitrogen and oxygen atoms in total. The van der Waals surface area contributed by atoms with Gasteiger partial charge in [-0.1, -0.05) is 50.6 Å². The molecule has 2 fully saturated rings. The molecule has 2 heterocycles. The van der Waals surface area contributed by atoms with Gasteiger partial charge in [-0.3, -0.25) is 0 Å². The smallest absolute Gasteiger partial charge is 0.372 e. The lowest BCUT2D eigenvalue weighted by Crippen LogP contribution is -2.57. The number of alkyl halides is 1. The molecule has 0 bridgehead atoms. The van der Waals surface area contributed by atoms with Crippen LogP contribution in [-0.2, 0) is 30.3 Å². The van der Waals surface area contributed by atoms with E-state index in [0.29, 0.717) is 0 Å². The average molecular weight is 366 g/mol. The molecule has 0 aliphatic carbocycles. The van der Waals surface area contributed by atoms with Crippen molar-refractivity contribution in [3.8, 4) is 0 Å². The molecule has 0 spiro atoms. The van der Waals surface area contributed by atoms with E-state index in [1.807, 2.05) is 44.2 Å². The van der Waals surface area contributed by atoms with Crippen molar-refractivity contribution >= 4 is 5.97 Å². The highest BCUT2D eigenvalue weighted by molar-refractivity contribution is 5.78. The van der Waals surface area contributed by atoms with Crippen LogP contribution in [0, 0.1) is 5.92 Å². The van der Waals surface area contributed by atoms with Crippen LogP contribution in [0.2, 0.25) is 0 Å². The number of carbonyl (C=O) groups excluding carboxylic acids is 1. The Balaban J connectivity index is 1.74. The number of benzene rings is 1. The lowest BCUT2D eigenvalue weighted by Gasteiger charge is -2.41. The van der Waals surface area contributed by atoms with E-state index in [1.165, 1.54) is 0 Å². The molecule has 1 aromatic carbocycles. The number of hydrogen-bond donors (Lipinski definition) is 0. The fourth-order valence-corrected chi connectivity index (χ4v) is 3.52. The summed E-state index contributed by atoms with van der Waals surface area (Å²) in [6.07, 6.45) is -0.985. The topological polar surface area (TPSA) is 54.0 Å². The molecule has 0 aromatic heterocycles. The van der Waals surface area contributed by atoms with Gasteiger partial charge in [-0.05, 0) is 25.3 Å². The Morgan fingerprint density at radius 2 is 1.96 bits per heavy atom. The van der Waals surface area contributed by atoms with Crippen LogP contribution in [0.4, 0.5) is 4.39 Å². The summed E-state index contributed by atoms with van der Waals surface area (Å²) in [5.41, 5.74) is 0.790. The Kier molecular flexibility index (Phi) is 5.37. The first-order valence-corrected chi connectivity index (χ1v) is 9.17. The zero-order valence-electron chi connectivity index (χ0n) is 15.7. The molecule has 0 saturated carbocycles. The van der Waals surface area contributed by atoms with E-state index in [-0.39, 0.29) is 18.9 Å². The zero-order valence-corrected chi connectivity index (χ0v) is 15.7. The van der Waals surface area contributed by atoms with Gasteiger partial charge < -0.3 is 18.9 Å². The Morgan fingerprint density at radius 1 is 1.27 bits per heavy atom. The van der Waals surface area contributed by atoms with Crippen molar-refractivity contribution in [3.05, 3.63) is 35.9 Å². The molecule has 0 radical (unpaired) electrons. The second-order valence-electron chi connectivity index (χ2n) is 7.60. The summed E-state index contributed by atoms with van der Waals surface area (Å²) in [5, 5.41) is 0. The van der Waals surface area contributed by atoms with Crippen molar-refractivity contribution in [1.82, 2.24) is 0 Å². The molecule has 26 heavy (non-hydrogen) atoms. The third-order valence-corrected chi connectivity index (χ3v) is 5.05. The van der Waals surface area contributed by atoms with Crippen LogP contribution >= 0.6 is 0 Å². The maximum atomic E-state index is 15.5. The summed E-state index contributed by atoms with van der Waals surface area (Å²) < 4.78 is 38.1. The van der Waals surface area contributed by atoms with E-state index in [2.05, 4.69) is 0 Å². The van der Waals surface area contributed by atoms with E-state index >= 15 is 4.39 Å². The highest BCUT2D eigenvalue weighted by atomic mass is 19.2. The molecule has 2 aliphatic rings. The molecular weight excluding hydrogens is 339 g/mol. The highest BCUT2D eigenvalue weighted by Gasteiger charge is 2.59.